The van der Waals surface area contributed by atoms with Crippen LogP contribution in [-0.4, -0.2) is 75.9 Å². The Morgan fingerprint density at radius 2 is 2.10 bits per heavy atom. The molecule has 1 aromatic heterocycles. The van der Waals surface area contributed by atoms with E-state index in [9.17, 15) is 4.79 Å². The lowest BCUT2D eigenvalue weighted by Gasteiger charge is -2.39. The molecule has 2 aliphatic rings. The smallest absolute Gasteiger partial charge is 0.219 e. The number of carbonyl (C=O) groups is 1. The second kappa shape index (κ2) is 6.15. The summed E-state index contributed by atoms with van der Waals surface area (Å²) in [5.74, 6) is 1.92. The van der Waals surface area contributed by atoms with Gasteiger partial charge in [-0.2, -0.15) is 0 Å². The van der Waals surface area contributed by atoms with Crippen molar-refractivity contribution in [2.45, 2.75) is 26.4 Å². The van der Waals surface area contributed by atoms with Gasteiger partial charge < -0.3 is 9.88 Å². The topological polar surface area (TPSA) is 55.5 Å². The predicted octanol–water partition coefficient (Wildman–Crippen LogP) is 0.394. The number of hydrogen-bond acceptors (Lipinski definition) is 4. The molecule has 0 saturated carbocycles. The molecule has 0 aromatic carbocycles. The average molecular weight is 291 g/mol. The number of aromatic amines is 1. The van der Waals surface area contributed by atoms with Crippen LogP contribution in [0.2, 0.25) is 0 Å². The van der Waals surface area contributed by atoms with Crippen molar-refractivity contribution in [3.63, 3.8) is 0 Å². The minimum atomic E-state index is 0.202. The van der Waals surface area contributed by atoms with E-state index in [1.807, 2.05) is 17.3 Å². The molecule has 6 heteroatoms. The lowest BCUT2D eigenvalue weighted by Crippen LogP contribution is -2.53. The monoisotopic (exact) mass is 291 g/mol. The van der Waals surface area contributed by atoms with Crippen LogP contribution in [0.4, 0.5) is 0 Å². The Hall–Kier alpha value is -1.40. The van der Waals surface area contributed by atoms with Crippen LogP contribution < -0.4 is 0 Å². The first-order valence-electron chi connectivity index (χ1n) is 7.83. The van der Waals surface area contributed by atoms with Crippen molar-refractivity contribution < 1.29 is 4.79 Å². The zero-order valence-corrected chi connectivity index (χ0v) is 13.0. The third-order valence-electron chi connectivity index (χ3n) is 4.81. The first-order valence-corrected chi connectivity index (χ1v) is 7.83. The van der Waals surface area contributed by atoms with Gasteiger partial charge in [0.25, 0.3) is 0 Å². The van der Waals surface area contributed by atoms with Crippen molar-refractivity contribution in [1.29, 1.82) is 0 Å². The van der Waals surface area contributed by atoms with Gasteiger partial charge in [-0.3, -0.25) is 14.6 Å². The zero-order chi connectivity index (χ0) is 14.8. The largest absolute Gasteiger partial charge is 0.348 e. The maximum Gasteiger partial charge on any atom is 0.219 e. The van der Waals surface area contributed by atoms with Gasteiger partial charge in [-0.1, -0.05) is 6.92 Å². The van der Waals surface area contributed by atoms with E-state index in [1.165, 1.54) is 0 Å². The highest BCUT2D eigenvalue weighted by Crippen LogP contribution is 2.23. The number of aromatic nitrogens is 2. The highest BCUT2D eigenvalue weighted by atomic mass is 16.2. The summed E-state index contributed by atoms with van der Waals surface area (Å²) in [6, 6.07) is 0.606. The first-order chi connectivity index (χ1) is 10.1. The molecule has 2 atom stereocenters. The Kier molecular flexibility index (Phi) is 4.26. The number of nitrogens with zero attached hydrogens (tertiary/aromatic N) is 4. The van der Waals surface area contributed by atoms with Crippen molar-refractivity contribution >= 4 is 5.91 Å². The molecule has 6 nitrogen and oxygen atoms in total. The molecular weight excluding hydrogens is 266 g/mol. The van der Waals surface area contributed by atoms with Gasteiger partial charge in [0.05, 0.1) is 6.54 Å². The highest BCUT2D eigenvalue weighted by Gasteiger charge is 2.35. The fourth-order valence-electron chi connectivity index (χ4n) is 3.62. The third kappa shape index (κ3) is 3.27. The van der Waals surface area contributed by atoms with E-state index in [1.54, 1.807) is 6.92 Å². The number of hydrogen-bond donors (Lipinski definition) is 1. The SMILES string of the molecule is CC(=O)N1CCN([C@@H]2CN(Cc3ncc[nH]3)C[C@@H]2C)CC1. The van der Waals surface area contributed by atoms with Gasteiger partial charge in [-0.05, 0) is 5.92 Å². The number of nitrogens with one attached hydrogen (secondary N) is 1. The first kappa shape index (κ1) is 14.5. The Morgan fingerprint density at radius 1 is 1.33 bits per heavy atom. The molecule has 3 rings (SSSR count). The van der Waals surface area contributed by atoms with Crippen LogP contribution in [0.25, 0.3) is 0 Å². The summed E-state index contributed by atoms with van der Waals surface area (Å²) in [6.45, 7) is 10.9. The molecule has 0 aliphatic carbocycles. The van der Waals surface area contributed by atoms with E-state index in [0.717, 1.165) is 51.6 Å². The maximum absolute atomic E-state index is 11.4. The molecular formula is C15H25N5O. The number of imidazole rings is 1. The number of piperazine rings is 1. The normalized spacial score (nSPS) is 28.2. The molecule has 1 amide bonds. The second-order valence-corrected chi connectivity index (χ2v) is 6.32. The maximum atomic E-state index is 11.4. The molecule has 116 valence electrons. The van der Waals surface area contributed by atoms with E-state index in [4.69, 9.17) is 0 Å². The van der Waals surface area contributed by atoms with Crippen LogP contribution in [0.15, 0.2) is 12.4 Å². The number of H-pyrrole nitrogens is 1. The average Bonchev–Trinajstić information content (AvgIpc) is 3.09. The molecule has 0 unspecified atom stereocenters. The molecule has 0 bridgehead atoms. The molecule has 2 saturated heterocycles. The molecule has 3 heterocycles. The van der Waals surface area contributed by atoms with Crippen LogP contribution >= 0.6 is 0 Å². The van der Waals surface area contributed by atoms with Crippen LogP contribution in [0, 0.1) is 5.92 Å². The minimum absolute atomic E-state index is 0.202. The number of amides is 1. The van der Waals surface area contributed by atoms with Gasteiger partial charge in [0.1, 0.15) is 5.82 Å². The van der Waals surface area contributed by atoms with Crippen molar-refractivity contribution in [1.82, 2.24) is 24.7 Å². The highest BCUT2D eigenvalue weighted by molar-refractivity contribution is 5.73. The van der Waals surface area contributed by atoms with Crippen molar-refractivity contribution in [2.24, 2.45) is 5.92 Å². The van der Waals surface area contributed by atoms with Crippen LogP contribution in [0.3, 0.4) is 0 Å². The fraction of sp³-hybridized carbons (Fsp3) is 0.733. The van der Waals surface area contributed by atoms with Gasteiger partial charge in [0.2, 0.25) is 5.91 Å². The summed E-state index contributed by atoms with van der Waals surface area (Å²) in [5.41, 5.74) is 0. The van der Waals surface area contributed by atoms with Crippen LogP contribution in [0.5, 0.6) is 0 Å². The number of carbonyl (C=O) groups excluding carboxylic acids is 1. The minimum Gasteiger partial charge on any atom is -0.348 e. The summed E-state index contributed by atoms with van der Waals surface area (Å²) in [6.07, 6.45) is 3.70. The van der Waals surface area contributed by atoms with Gasteiger partial charge in [-0.15, -0.1) is 0 Å². The second-order valence-electron chi connectivity index (χ2n) is 6.32. The van der Waals surface area contributed by atoms with Crippen molar-refractivity contribution in [3.05, 3.63) is 18.2 Å². The lowest BCUT2D eigenvalue weighted by molar-refractivity contribution is -0.130. The van der Waals surface area contributed by atoms with Crippen LogP contribution in [0.1, 0.15) is 19.7 Å². The van der Waals surface area contributed by atoms with Crippen molar-refractivity contribution in [3.8, 4) is 0 Å². The van der Waals surface area contributed by atoms with E-state index in [0.29, 0.717) is 12.0 Å². The van der Waals surface area contributed by atoms with E-state index in [-0.39, 0.29) is 5.91 Å². The van der Waals surface area contributed by atoms with Gasteiger partial charge in [0, 0.05) is 64.6 Å². The van der Waals surface area contributed by atoms with E-state index in [2.05, 4.69) is 26.7 Å². The zero-order valence-electron chi connectivity index (χ0n) is 13.0. The summed E-state index contributed by atoms with van der Waals surface area (Å²) < 4.78 is 0. The number of rotatable bonds is 3. The Labute approximate surface area is 126 Å². The summed E-state index contributed by atoms with van der Waals surface area (Å²) in [4.78, 5) is 25.9. The Morgan fingerprint density at radius 3 is 2.71 bits per heavy atom. The molecule has 2 fully saturated rings. The van der Waals surface area contributed by atoms with Crippen molar-refractivity contribution in [2.75, 3.05) is 39.3 Å². The van der Waals surface area contributed by atoms with Gasteiger partial charge in [-0.25, -0.2) is 4.98 Å². The molecule has 1 N–H and O–H groups in total. The number of likely N-dealkylation sites (tertiary alicyclic amines) is 1. The van der Waals surface area contributed by atoms with E-state index < -0.39 is 0 Å². The third-order valence-corrected chi connectivity index (χ3v) is 4.81. The van der Waals surface area contributed by atoms with E-state index >= 15 is 0 Å². The molecule has 1 aromatic rings. The standard InChI is InChI=1S/C15H25N5O/c1-12-9-18(11-15-16-3-4-17-15)10-14(12)20-7-5-19(6-8-20)13(2)21/h3-4,12,14H,5-11H2,1-2H3,(H,16,17)/t12-,14+/m0/s1. The van der Waals surface area contributed by atoms with Crippen LogP contribution in [-0.2, 0) is 11.3 Å². The molecule has 21 heavy (non-hydrogen) atoms. The molecule has 0 spiro atoms. The molecule has 0 radical (unpaired) electrons. The van der Waals surface area contributed by atoms with Gasteiger partial charge in [0.15, 0.2) is 0 Å². The summed E-state index contributed by atoms with van der Waals surface area (Å²) in [7, 11) is 0. The van der Waals surface area contributed by atoms with Gasteiger partial charge >= 0.3 is 0 Å². The Balaban J connectivity index is 1.53. The Bertz CT molecular complexity index is 466. The summed E-state index contributed by atoms with van der Waals surface area (Å²) in [5, 5.41) is 0. The predicted molar refractivity (Wildman–Crippen MR) is 80.6 cm³/mol. The summed E-state index contributed by atoms with van der Waals surface area (Å²) >= 11 is 0. The quantitative estimate of drug-likeness (QED) is 0.875. The lowest BCUT2D eigenvalue weighted by atomic mass is 10.0. The molecule has 2 aliphatic heterocycles. The fourth-order valence-corrected chi connectivity index (χ4v) is 3.62.